The highest BCUT2D eigenvalue weighted by atomic mass is 35.8. The SMILES string of the molecule is CCC.Cl[SiH](Cl)Cl.Cl[SiH](Cl)Cl. The summed E-state index contributed by atoms with van der Waals surface area (Å²) in [5.41, 5.74) is 0. The molecule has 0 radical (unpaired) electrons. The van der Waals surface area contributed by atoms with Crippen molar-refractivity contribution in [3.05, 3.63) is 0 Å². The summed E-state index contributed by atoms with van der Waals surface area (Å²) in [6, 6.07) is 0. The second kappa shape index (κ2) is 18.1. The molecule has 0 amide bonds. The van der Waals surface area contributed by atoms with Gasteiger partial charge in [-0.25, -0.2) is 0 Å². The summed E-state index contributed by atoms with van der Waals surface area (Å²) in [6.07, 6.45) is 1.25. The highest BCUT2D eigenvalue weighted by molar-refractivity contribution is 7.54. The van der Waals surface area contributed by atoms with E-state index in [0.717, 1.165) is 0 Å². The Balaban J connectivity index is -0.0000000886. The molecular weight excluding hydrogens is 305 g/mol. The van der Waals surface area contributed by atoms with Gasteiger partial charge in [0.25, 0.3) is 0 Å². The van der Waals surface area contributed by atoms with E-state index >= 15 is 0 Å². The first-order valence-electron chi connectivity index (χ1n) is 2.72. The summed E-state index contributed by atoms with van der Waals surface area (Å²) in [4.78, 5) is 0. The molecule has 0 N–H and O–H groups in total. The number of hydrogen-bond donors (Lipinski definition) is 0. The molecule has 0 nitrogen and oxygen atoms in total. The van der Waals surface area contributed by atoms with Gasteiger partial charge in [0, 0.05) is 0 Å². The molecule has 8 heteroatoms. The molecule has 0 heterocycles. The smallest absolute Gasteiger partial charge is 0.130 e. The Morgan fingerprint density at radius 1 is 0.727 bits per heavy atom. The normalized spacial score (nSPS) is 8.18. The van der Waals surface area contributed by atoms with Crippen molar-refractivity contribution in [2.45, 2.75) is 20.3 Å². The lowest BCUT2D eigenvalue weighted by atomic mass is 10.6. The quantitative estimate of drug-likeness (QED) is 0.463. The summed E-state index contributed by atoms with van der Waals surface area (Å²) in [5, 5.41) is 0. The van der Waals surface area contributed by atoms with Gasteiger partial charge in [0.1, 0.15) is 0 Å². The van der Waals surface area contributed by atoms with Crippen molar-refractivity contribution < 1.29 is 0 Å². The maximum Gasteiger partial charge on any atom is 0.326 e. The van der Waals surface area contributed by atoms with Gasteiger partial charge >= 0.3 is 13.5 Å². The molecule has 0 aliphatic heterocycles. The Morgan fingerprint density at radius 3 is 0.727 bits per heavy atom. The van der Waals surface area contributed by atoms with Crippen molar-refractivity contribution in [1.82, 2.24) is 0 Å². The molecule has 0 aliphatic carbocycles. The van der Waals surface area contributed by atoms with Gasteiger partial charge in [-0.1, -0.05) is 20.3 Å². The Labute approximate surface area is 99.5 Å². The van der Waals surface area contributed by atoms with Gasteiger partial charge in [0.15, 0.2) is 0 Å². The zero-order chi connectivity index (χ0) is 9.86. The van der Waals surface area contributed by atoms with Crippen molar-refractivity contribution in [2.24, 2.45) is 0 Å². The third-order valence-corrected chi connectivity index (χ3v) is 0. The van der Waals surface area contributed by atoms with Crippen LogP contribution in [0.1, 0.15) is 20.3 Å². The summed E-state index contributed by atoms with van der Waals surface area (Å²) >= 11 is 29.7. The minimum absolute atomic E-state index is 1.25. The van der Waals surface area contributed by atoms with Crippen molar-refractivity contribution in [2.75, 3.05) is 0 Å². The molecule has 0 saturated carbocycles. The Kier molecular flexibility index (Phi) is 31.0. The van der Waals surface area contributed by atoms with Crippen LogP contribution in [0.3, 0.4) is 0 Å². The van der Waals surface area contributed by atoms with Gasteiger partial charge in [0.2, 0.25) is 0 Å². The van der Waals surface area contributed by atoms with Gasteiger partial charge in [0.05, 0.1) is 0 Å². The maximum atomic E-state index is 4.94. The third-order valence-electron chi connectivity index (χ3n) is 0. The van der Waals surface area contributed by atoms with E-state index in [1.807, 2.05) is 0 Å². The summed E-state index contributed by atoms with van der Waals surface area (Å²) in [7, 11) is 0. The number of hydrogen-bond acceptors (Lipinski definition) is 0. The van der Waals surface area contributed by atoms with E-state index in [-0.39, 0.29) is 0 Å². The Morgan fingerprint density at radius 2 is 0.727 bits per heavy atom. The van der Waals surface area contributed by atoms with Crippen LogP contribution >= 0.6 is 66.5 Å². The topological polar surface area (TPSA) is 0 Å². The van der Waals surface area contributed by atoms with Crippen LogP contribution in [0, 0.1) is 0 Å². The van der Waals surface area contributed by atoms with Gasteiger partial charge in [-0.2, -0.15) is 0 Å². The second-order valence-electron chi connectivity index (χ2n) is 1.20. The maximum absolute atomic E-state index is 4.94. The van der Waals surface area contributed by atoms with Crippen LogP contribution in [0.5, 0.6) is 0 Å². The summed E-state index contributed by atoms with van der Waals surface area (Å²) in [5.74, 6) is 0. The number of halogens is 6. The molecular formula is C3H10Cl6Si2. The minimum Gasteiger partial charge on any atom is -0.130 e. The monoisotopic (exact) mass is 312 g/mol. The molecule has 0 aromatic rings. The molecule has 0 aromatic heterocycles. The van der Waals surface area contributed by atoms with Crippen LogP contribution in [-0.2, 0) is 0 Å². The molecule has 0 spiro atoms. The van der Waals surface area contributed by atoms with Gasteiger partial charge < -0.3 is 0 Å². The minimum atomic E-state index is -1.72. The molecule has 11 heavy (non-hydrogen) atoms. The lowest BCUT2D eigenvalue weighted by molar-refractivity contribution is 1.09. The number of rotatable bonds is 0. The predicted octanol–water partition coefficient (Wildman–Crippen LogP) is 4.26. The summed E-state index contributed by atoms with van der Waals surface area (Å²) in [6.45, 7) is 0.806. The highest BCUT2D eigenvalue weighted by Crippen LogP contribution is 1.97. The van der Waals surface area contributed by atoms with E-state index in [1.54, 1.807) is 0 Å². The molecule has 0 atom stereocenters. The fourth-order valence-corrected chi connectivity index (χ4v) is 0. The molecule has 0 saturated heterocycles. The molecule has 0 rings (SSSR count). The van der Waals surface area contributed by atoms with E-state index in [4.69, 9.17) is 66.5 Å². The van der Waals surface area contributed by atoms with E-state index in [9.17, 15) is 0 Å². The average molecular weight is 315 g/mol. The van der Waals surface area contributed by atoms with Gasteiger partial charge in [-0.05, 0) is 0 Å². The first-order valence-corrected chi connectivity index (χ1v) is 13.2. The largest absolute Gasteiger partial charge is 0.326 e. The molecule has 0 aromatic carbocycles. The van der Waals surface area contributed by atoms with E-state index in [2.05, 4.69) is 13.8 Å². The van der Waals surface area contributed by atoms with Crippen LogP contribution in [0.2, 0.25) is 0 Å². The third kappa shape index (κ3) is 267. The van der Waals surface area contributed by atoms with Gasteiger partial charge in [-0.3, -0.25) is 0 Å². The molecule has 0 unspecified atom stereocenters. The fourth-order valence-electron chi connectivity index (χ4n) is 0. The van der Waals surface area contributed by atoms with Crippen LogP contribution in [0.25, 0.3) is 0 Å². The Hall–Kier alpha value is 2.17. The highest BCUT2D eigenvalue weighted by Gasteiger charge is 1.85. The lowest BCUT2D eigenvalue weighted by Gasteiger charge is -1.65. The molecule has 72 valence electrons. The van der Waals surface area contributed by atoms with Crippen molar-refractivity contribution in [1.29, 1.82) is 0 Å². The fraction of sp³-hybridized carbons (Fsp3) is 1.00. The predicted molar refractivity (Wildman–Crippen MR) is 65.4 cm³/mol. The molecule has 0 fully saturated rings. The van der Waals surface area contributed by atoms with Crippen LogP contribution in [-0.4, -0.2) is 13.5 Å². The molecule has 0 aliphatic rings. The van der Waals surface area contributed by atoms with E-state index in [0.29, 0.717) is 0 Å². The average Bonchev–Trinajstić information content (AvgIpc) is 1.60. The molecule has 0 bridgehead atoms. The first kappa shape index (κ1) is 18.9. The zero-order valence-corrected chi connectivity index (χ0v) is 13.0. The lowest BCUT2D eigenvalue weighted by Crippen LogP contribution is -1.66. The van der Waals surface area contributed by atoms with Crippen molar-refractivity contribution >= 4 is 79.9 Å². The van der Waals surface area contributed by atoms with Crippen LogP contribution in [0.4, 0.5) is 0 Å². The van der Waals surface area contributed by atoms with Crippen molar-refractivity contribution in [3.63, 3.8) is 0 Å². The standard InChI is InChI=1S/C3H8.2Cl3HSi/c1-3-2;2*1-4(2)3/h3H2,1-2H3;2*4H. The van der Waals surface area contributed by atoms with Crippen molar-refractivity contribution in [3.8, 4) is 0 Å². The second-order valence-corrected chi connectivity index (χ2v) is 14.1. The van der Waals surface area contributed by atoms with Crippen LogP contribution < -0.4 is 0 Å². The van der Waals surface area contributed by atoms with Crippen LogP contribution in [0.15, 0.2) is 0 Å². The van der Waals surface area contributed by atoms with Gasteiger partial charge in [-0.15, -0.1) is 66.5 Å². The first-order chi connectivity index (χ1) is 4.88. The summed E-state index contributed by atoms with van der Waals surface area (Å²) < 4.78 is 0. The Bertz CT molecular complexity index is 39.6. The zero-order valence-electron chi connectivity index (χ0n) is 6.13. The van der Waals surface area contributed by atoms with E-state index in [1.165, 1.54) is 6.42 Å². The van der Waals surface area contributed by atoms with E-state index < -0.39 is 13.5 Å².